The van der Waals surface area contributed by atoms with Crippen molar-refractivity contribution < 1.29 is 13.2 Å². The van der Waals surface area contributed by atoms with Gasteiger partial charge in [-0.1, -0.05) is 18.7 Å². The van der Waals surface area contributed by atoms with E-state index in [4.69, 9.17) is 0 Å². The smallest absolute Gasteiger partial charge is 0.339 e. The van der Waals surface area contributed by atoms with Crippen LogP contribution in [0.2, 0.25) is 0 Å². The minimum absolute atomic E-state index is 0.0411. The number of aromatic nitrogens is 4. The van der Waals surface area contributed by atoms with Gasteiger partial charge in [0.1, 0.15) is 11.5 Å². The predicted molar refractivity (Wildman–Crippen MR) is 101 cm³/mol. The molecule has 3 heterocycles. The highest BCUT2D eigenvalue weighted by Crippen LogP contribution is 2.31. The van der Waals surface area contributed by atoms with Crippen molar-refractivity contribution >= 4 is 22.4 Å². The maximum atomic E-state index is 12.9. The zero-order valence-electron chi connectivity index (χ0n) is 14.5. The molecule has 28 heavy (non-hydrogen) atoms. The van der Waals surface area contributed by atoms with Gasteiger partial charge in [-0.25, -0.2) is 4.98 Å². The van der Waals surface area contributed by atoms with Gasteiger partial charge in [-0.2, -0.15) is 18.3 Å². The van der Waals surface area contributed by atoms with Crippen molar-refractivity contribution in [1.82, 2.24) is 20.2 Å². The van der Waals surface area contributed by atoms with Crippen LogP contribution in [0.15, 0.2) is 67.6 Å². The number of nitrogens with zero attached hydrogens (tertiary/aromatic N) is 3. The Morgan fingerprint density at radius 3 is 2.64 bits per heavy atom. The van der Waals surface area contributed by atoms with Crippen LogP contribution in [0.3, 0.4) is 0 Å². The molecule has 0 aliphatic heterocycles. The van der Waals surface area contributed by atoms with Crippen molar-refractivity contribution in [3.05, 3.63) is 78.9 Å². The number of H-pyrrole nitrogens is 1. The lowest BCUT2D eigenvalue weighted by Crippen LogP contribution is -2.07. The Labute approximate surface area is 158 Å². The molecular formula is C20H14F3N5. The second kappa shape index (κ2) is 6.80. The highest BCUT2D eigenvalue weighted by atomic mass is 19.4. The summed E-state index contributed by atoms with van der Waals surface area (Å²) in [6.45, 7) is 3.91. The lowest BCUT2D eigenvalue weighted by molar-refractivity contribution is -0.137. The molecule has 0 bridgehead atoms. The summed E-state index contributed by atoms with van der Waals surface area (Å²) in [5, 5.41) is 10.7. The third-order valence-electron chi connectivity index (χ3n) is 4.21. The number of aromatic amines is 1. The fourth-order valence-corrected chi connectivity index (χ4v) is 2.85. The van der Waals surface area contributed by atoms with Crippen LogP contribution in [-0.2, 0) is 6.18 Å². The zero-order chi connectivity index (χ0) is 19.7. The number of fused-ring (bicyclic) bond motifs is 1. The fraction of sp³-hybridized carbons (Fsp3) is 0.0500. The van der Waals surface area contributed by atoms with Crippen molar-refractivity contribution in [2.75, 3.05) is 5.32 Å². The van der Waals surface area contributed by atoms with Gasteiger partial charge in [0.15, 0.2) is 0 Å². The van der Waals surface area contributed by atoms with Gasteiger partial charge in [-0.3, -0.25) is 10.1 Å². The van der Waals surface area contributed by atoms with Crippen LogP contribution in [0, 0.1) is 0 Å². The number of halogens is 3. The van der Waals surface area contributed by atoms with E-state index in [0.29, 0.717) is 11.4 Å². The number of alkyl halides is 3. The second-order valence-corrected chi connectivity index (χ2v) is 6.11. The molecule has 0 aliphatic carbocycles. The molecule has 0 fully saturated rings. The Morgan fingerprint density at radius 2 is 1.89 bits per heavy atom. The maximum absolute atomic E-state index is 12.9. The van der Waals surface area contributed by atoms with E-state index in [1.165, 1.54) is 0 Å². The standard InChI is InChI=1S/C20H14F3N5/c1-12(26-18-10-15(6-8-25-18)20(21,22)23)19-16-9-13(4-5-17(16)27-28-19)14-3-2-7-24-11-14/h2-11H,1H2,(H,25,26)(H,27,28). The van der Waals surface area contributed by atoms with E-state index >= 15 is 0 Å². The van der Waals surface area contributed by atoms with E-state index < -0.39 is 11.7 Å². The van der Waals surface area contributed by atoms with Crippen molar-refractivity contribution in [3.63, 3.8) is 0 Å². The topological polar surface area (TPSA) is 66.5 Å². The average Bonchev–Trinajstić information content (AvgIpc) is 3.11. The lowest BCUT2D eigenvalue weighted by Gasteiger charge is -2.10. The number of pyridine rings is 2. The van der Waals surface area contributed by atoms with E-state index in [-0.39, 0.29) is 5.82 Å². The quantitative estimate of drug-likeness (QED) is 0.515. The summed E-state index contributed by atoms with van der Waals surface area (Å²) in [6.07, 6.45) is 0.0969. The van der Waals surface area contributed by atoms with Crippen LogP contribution in [-0.4, -0.2) is 20.2 Å². The van der Waals surface area contributed by atoms with Gasteiger partial charge in [0.25, 0.3) is 0 Å². The molecule has 1 aromatic carbocycles. The van der Waals surface area contributed by atoms with E-state index in [1.807, 2.05) is 30.3 Å². The van der Waals surface area contributed by atoms with E-state index in [2.05, 4.69) is 32.1 Å². The van der Waals surface area contributed by atoms with E-state index in [9.17, 15) is 13.2 Å². The Bertz CT molecular complexity index is 1150. The Morgan fingerprint density at radius 1 is 1.04 bits per heavy atom. The van der Waals surface area contributed by atoms with Crippen molar-refractivity contribution in [3.8, 4) is 11.1 Å². The van der Waals surface area contributed by atoms with Crippen LogP contribution in [0.4, 0.5) is 19.0 Å². The van der Waals surface area contributed by atoms with Gasteiger partial charge in [0.2, 0.25) is 0 Å². The monoisotopic (exact) mass is 381 g/mol. The Kier molecular flexibility index (Phi) is 4.31. The molecular weight excluding hydrogens is 367 g/mol. The minimum atomic E-state index is -4.45. The largest absolute Gasteiger partial charge is 0.416 e. The summed E-state index contributed by atoms with van der Waals surface area (Å²) in [7, 11) is 0. The SMILES string of the molecule is C=C(Nc1cc(C(F)(F)F)ccn1)c1n[nH]c2ccc(-c3cccnc3)cc12. The molecule has 4 rings (SSSR count). The van der Waals surface area contributed by atoms with E-state index in [0.717, 1.165) is 40.4 Å². The molecule has 5 nitrogen and oxygen atoms in total. The molecule has 0 saturated heterocycles. The van der Waals surface area contributed by atoms with Crippen LogP contribution in [0.5, 0.6) is 0 Å². The summed E-state index contributed by atoms with van der Waals surface area (Å²) in [4.78, 5) is 8.05. The van der Waals surface area contributed by atoms with Crippen molar-refractivity contribution in [2.24, 2.45) is 0 Å². The van der Waals surface area contributed by atoms with Crippen LogP contribution < -0.4 is 5.32 Å². The van der Waals surface area contributed by atoms with Crippen LogP contribution >= 0.6 is 0 Å². The molecule has 140 valence electrons. The summed E-state index contributed by atoms with van der Waals surface area (Å²) in [5.41, 5.74) is 2.70. The Hall–Kier alpha value is -3.68. The van der Waals surface area contributed by atoms with Gasteiger partial charge >= 0.3 is 6.18 Å². The highest BCUT2D eigenvalue weighted by molar-refractivity contribution is 5.94. The molecule has 0 unspecified atom stereocenters. The maximum Gasteiger partial charge on any atom is 0.416 e. The number of anilines is 1. The summed E-state index contributed by atoms with van der Waals surface area (Å²) < 4.78 is 38.7. The summed E-state index contributed by atoms with van der Waals surface area (Å²) >= 11 is 0. The van der Waals surface area contributed by atoms with E-state index in [1.54, 1.807) is 12.4 Å². The molecule has 3 aromatic heterocycles. The number of hydrogen-bond acceptors (Lipinski definition) is 4. The van der Waals surface area contributed by atoms with Crippen molar-refractivity contribution in [2.45, 2.75) is 6.18 Å². The van der Waals surface area contributed by atoms with Crippen LogP contribution in [0.25, 0.3) is 27.7 Å². The highest BCUT2D eigenvalue weighted by Gasteiger charge is 2.30. The van der Waals surface area contributed by atoms with Gasteiger partial charge in [0.05, 0.1) is 16.8 Å². The first-order valence-corrected chi connectivity index (χ1v) is 8.30. The minimum Gasteiger partial charge on any atom is -0.339 e. The number of nitrogens with one attached hydrogen (secondary N) is 2. The molecule has 0 spiro atoms. The van der Waals surface area contributed by atoms with Gasteiger partial charge < -0.3 is 5.32 Å². The Balaban J connectivity index is 1.66. The molecule has 0 saturated carbocycles. The molecule has 8 heteroatoms. The normalized spacial score (nSPS) is 11.5. The number of hydrogen-bond donors (Lipinski definition) is 2. The summed E-state index contributed by atoms with van der Waals surface area (Å²) in [5.74, 6) is 0.0411. The zero-order valence-corrected chi connectivity index (χ0v) is 14.5. The first kappa shape index (κ1) is 17.7. The second-order valence-electron chi connectivity index (χ2n) is 6.11. The van der Waals surface area contributed by atoms with Crippen molar-refractivity contribution in [1.29, 1.82) is 0 Å². The van der Waals surface area contributed by atoms with Gasteiger partial charge in [-0.05, 0) is 35.9 Å². The molecule has 0 aliphatic rings. The van der Waals surface area contributed by atoms with Gasteiger partial charge in [0, 0.05) is 29.5 Å². The molecule has 0 amide bonds. The molecule has 0 radical (unpaired) electrons. The number of benzene rings is 1. The molecule has 2 N–H and O–H groups in total. The molecule has 0 atom stereocenters. The summed E-state index contributed by atoms with van der Waals surface area (Å²) in [6, 6.07) is 11.4. The fourth-order valence-electron chi connectivity index (χ4n) is 2.85. The number of rotatable bonds is 4. The third kappa shape index (κ3) is 3.44. The first-order chi connectivity index (χ1) is 13.4. The third-order valence-corrected chi connectivity index (χ3v) is 4.21. The average molecular weight is 381 g/mol. The first-order valence-electron chi connectivity index (χ1n) is 8.30. The van der Waals surface area contributed by atoms with Crippen LogP contribution in [0.1, 0.15) is 11.3 Å². The molecule has 4 aromatic rings. The van der Waals surface area contributed by atoms with Gasteiger partial charge in [-0.15, -0.1) is 0 Å². The predicted octanol–water partition coefficient (Wildman–Crippen LogP) is 5.12. The lowest BCUT2D eigenvalue weighted by atomic mass is 10.0.